The van der Waals surface area contributed by atoms with Gasteiger partial charge in [0.25, 0.3) is 0 Å². The van der Waals surface area contributed by atoms with Crippen molar-refractivity contribution in [2.75, 3.05) is 14.2 Å². The van der Waals surface area contributed by atoms with Gasteiger partial charge in [-0.05, 0) is 13.0 Å². The van der Waals surface area contributed by atoms with E-state index >= 15 is 0 Å². The number of nitrogens with one attached hydrogen (secondary N) is 1. The van der Waals surface area contributed by atoms with E-state index in [2.05, 4.69) is 5.43 Å². The van der Waals surface area contributed by atoms with Crippen molar-refractivity contribution in [3.63, 3.8) is 0 Å². The minimum Gasteiger partial charge on any atom is -0.496 e. The Balaban J connectivity index is 0.00000256. The maximum Gasteiger partial charge on any atom is 0.331 e. The number of hydrazine groups is 1. The normalized spacial score (nSPS) is 13.2. The lowest BCUT2D eigenvalue weighted by molar-refractivity contribution is -0.148. The zero-order chi connectivity index (χ0) is 12.2. The molecule has 0 bridgehead atoms. The fourth-order valence-corrected chi connectivity index (χ4v) is 1.51. The minimum atomic E-state index is -1.12. The van der Waals surface area contributed by atoms with Gasteiger partial charge < -0.3 is 9.47 Å². The van der Waals surface area contributed by atoms with Crippen molar-refractivity contribution in [1.82, 2.24) is 5.43 Å². The lowest BCUT2D eigenvalue weighted by Crippen LogP contribution is -2.51. The summed E-state index contributed by atoms with van der Waals surface area (Å²) >= 11 is 0. The van der Waals surface area contributed by atoms with E-state index in [-0.39, 0.29) is 12.4 Å². The smallest absolute Gasteiger partial charge is 0.331 e. The summed E-state index contributed by atoms with van der Waals surface area (Å²) in [6.07, 6.45) is 0. The number of hydrogen-bond donors (Lipinski definition) is 2. The van der Waals surface area contributed by atoms with Crippen molar-refractivity contribution in [2.24, 2.45) is 5.84 Å². The first-order valence-corrected chi connectivity index (χ1v) is 4.79. The fraction of sp³-hybridized carbons (Fsp3) is 0.364. The molecule has 0 spiro atoms. The number of methoxy groups -OCH3 is 2. The Morgan fingerprint density at radius 1 is 1.35 bits per heavy atom. The number of nitrogens with two attached hydrogens (primary N) is 1. The van der Waals surface area contributed by atoms with Gasteiger partial charge >= 0.3 is 5.97 Å². The topological polar surface area (TPSA) is 73.6 Å². The van der Waals surface area contributed by atoms with Gasteiger partial charge in [-0.15, -0.1) is 12.4 Å². The van der Waals surface area contributed by atoms with E-state index in [0.717, 1.165) is 0 Å². The first-order chi connectivity index (χ1) is 7.60. The van der Waals surface area contributed by atoms with Gasteiger partial charge in [-0.2, -0.15) is 0 Å². The summed E-state index contributed by atoms with van der Waals surface area (Å²) < 4.78 is 9.91. The third-order valence-electron chi connectivity index (χ3n) is 2.53. The minimum absolute atomic E-state index is 0. The highest BCUT2D eigenvalue weighted by Crippen LogP contribution is 2.29. The molecule has 96 valence electrons. The van der Waals surface area contributed by atoms with Crippen LogP contribution in [-0.2, 0) is 15.1 Å². The third-order valence-corrected chi connectivity index (χ3v) is 2.53. The van der Waals surface area contributed by atoms with Crippen LogP contribution in [0.15, 0.2) is 24.3 Å². The molecule has 1 aromatic rings. The Bertz CT molecular complexity index is 387. The monoisotopic (exact) mass is 260 g/mol. The van der Waals surface area contributed by atoms with Crippen LogP contribution in [0.5, 0.6) is 5.75 Å². The molecule has 0 saturated heterocycles. The number of para-hydroxylation sites is 1. The van der Waals surface area contributed by atoms with Crippen molar-refractivity contribution >= 4 is 18.4 Å². The summed E-state index contributed by atoms with van der Waals surface area (Å²) in [6, 6.07) is 7.14. The second-order valence-corrected chi connectivity index (χ2v) is 3.46. The highest BCUT2D eigenvalue weighted by Gasteiger charge is 2.37. The van der Waals surface area contributed by atoms with E-state index < -0.39 is 11.5 Å². The quantitative estimate of drug-likeness (QED) is 0.479. The van der Waals surface area contributed by atoms with E-state index in [1.54, 1.807) is 25.1 Å². The SMILES string of the molecule is COC(=O)C(C)(NN)c1ccccc1OC.Cl. The summed E-state index contributed by atoms with van der Waals surface area (Å²) in [5.41, 5.74) is 1.97. The number of carbonyl (C=O) groups excluding carboxylic acids is 1. The molecule has 0 radical (unpaired) electrons. The second-order valence-electron chi connectivity index (χ2n) is 3.46. The summed E-state index contributed by atoms with van der Waals surface area (Å²) in [6.45, 7) is 1.64. The van der Waals surface area contributed by atoms with Crippen LogP contribution < -0.4 is 16.0 Å². The zero-order valence-electron chi connectivity index (χ0n) is 10.0. The lowest BCUT2D eigenvalue weighted by atomic mass is 9.92. The average Bonchev–Trinajstić information content (AvgIpc) is 2.36. The molecule has 0 fully saturated rings. The Labute approximate surface area is 107 Å². The zero-order valence-corrected chi connectivity index (χ0v) is 10.8. The largest absolute Gasteiger partial charge is 0.496 e. The van der Waals surface area contributed by atoms with Gasteiger partial charge in [0.1, 0.15) is 5.75 Å². The molecule has 5 nitrogen and oxygen atoms in total. The number of hydrogen-bond acceptors (Lipinski definition) is 5. The summed E-state index contributed by atoms with van der Waals surface area (Å²) in [5, 5.41) is 0. The van der Waals surface area contributed by atoms with Crippen LogP contribution in [0.1, 0.15) is 12.5 Å². The lowest BCUT2D eigenvalue weighted by Gasteiger charge is -2.27. The first kappa shape index (κ1) is 15.7. The van der Waals surface area contributed by atoms with Crippen LogP contribution >= 0.6 is 12.4 Å². The van der Waals surface area contributed by atoms with Crippen LogP contribution in [0.4, 0.5) is 0 Å². The molecule has 1 atom stereocenters. The summed E-state index contributed by atoms with van der Waals surface area (Å²) in [7, 11) is 2.85. The predicted octanol–water partition coefficient (Wildman–Crippen LogP) is 0.968. The van der Waals surface area contributed by atoms with E-state index in [0.29, 0.717) is 11.3 Å². The number of benzene rings is 1. The van der Waals surface area contributed by atoms with Crippen molar-refractivity contribution in [2.45, 2.75) is 12.5 Å². The second kappa shape index (κ2) is 6.44. The Hall–Kier alpha value is -1.30. The molecule has 6 heteroatoms. The van der Waals surface area contributed by atoms with Gasteiger partial charge in [-0.25, -0.2) is 10.2 Å². The molecule has 0 aliphatic rings. The van der Waals surface area contributed by atoms with E-state index in [1.165, 1.54) is 14.2 Å². The Kier molecular flexibility index (Phi) is 5.95. The van der Waals surface area contributed by atoms with Crippen molar-refractivity contribution in [3.8, 4) is 5.75 Å². The third kappa shape index (κ3) is 2.88. The standard InChI is InChI=1S/C11H16N2O3.ClH/c1-11(13-12,10(14)16-3)8-6-4-5-7-9(8)15-2;/h4-7,13H,12H2,1-3H3;1H. The van der Waals surface area contributed by atoms with Gasteiger partial charge in [0, 0.05) is 5.56 Å². The number of halogens is 1. The van der Waals surface area contributed by atoms with Crippen LogP contribution in [0.2, 0.25) is 0 Å². The molecule has 0 aliphatic carbocycles. The molecule has 1 aromatic carbocycles. The van der Waals surface area contributed by atoms with Gasteiger partial charge in [-0.3, -0.25) is 5.84 Å². The van der Waals surface area contributed by atoms with E-state index in [4.69, 9.17) is 15.3 Å². The Morgan fingerprint density at radius 2 is 1.94 bits per heavy atom. The molecule has 0 saturated carbocycles. The molecule has 0 aromatic heterocycles. The van der Waals surface area contributed by atoms with Crippen molar-refractivity contribution in [3.05, 3.63) is 29.8 Å². The van der Waals surface area contributed by atoms with Gasteiger partial charge in [0.15, 0.2) is 5.54 Å². The predicted molar refractivity (Wildman–Crippen MR) is 66.9 cm³/mol. The molecular formula is C11H17ClN2O3. The fourth-order valence-electron chi connectivity index (χ4n) is 1.51. The van der Waals surface area contributed by atoms with Crippen LogP contribution in [0, 0.1) is 0 Å². The van der Waals surface area contributed by atoms with Crippen molar-refractivity contribution in [1.29, 1.82) is 0 Å². The summed E-state index contributed by atoms with van der Waals surface area (Å²) in [5.74, 6) is 5.54. The molecule has 1 rings (SSSR count). The van der Waals surface area contributed by atoms with E-state index in [9.17, 15) is 4.79 Å². The van der Waals surface area contributed by atoms with E-state index in [1.807, 2.05) is 6.07 Å². The number of ether oxygens (including phenoxy) is 2. The number of esters is 1. The highest BCUT2D eigenvalue weighted by atomic mass is 35.5. The summed E-state index contributed by atoms with van der Waals surface area (Å²) in [4.78, 5) is 11.7. The first-order valence-electron chi connectivity index (χ1n) is 4.79. The van der Waals surface area contributed by atoms with Crippen LogP contribution in [0.3, 0.4) is 0 Å². The van der Waals surface area contributed by atoms with Crippen LogP contribution in [0.25, 0.3) is 0 Å². The molecule has 0 amide bonds. The molecule has 0 heterocycles. The van der Waals surface area contributed by atoms with Gasteiger partial charge in [0.05, 0.1) is 14.2 Å². The Morgan fingerprint density at radius 3 is 2.41 bits per heavy atom. The number of carbonyl (C=O) groups is 1. The molecule has 3 N–H and O–H groups in total. The highest BCUT2D eigenvalue weighted by molar-refractivity contribution is 5.85. The molecule has 17 heavy (non-hydrogen) atoms. The maximum absolute atomic E-state index is 11.7. The van der Waals surface area contributed by atoms with Crippen molar-refractivity contribution < 1.29 is 14.3 Å². The maximum atomic E-state index is 11.7. The van der Waals surface area contributed by atoms with Gasteiger partial charge in [0.2, 0.25) is 0 Å². The molecule has 0 aliphatic heterocycles. The molecule has 1 unspecified atom stereocenters. The average molecular weight is 261 g/mol. The molecular weight excluding hydrogens is 244 g/mol. The van der Waals surface area contributed by atoms with Gasteiger partial charge in [-0.1, -0.05) is 18.2 Å². The van der Waals surface area contributed by atoms with Crippen LogP contribution in [-0.4, -0.2) is 20.2 Å². The number of rotatable bonds is 4.